The monoisotopic (exact) mass is 203 g/mol. The Labute approximate surface area is 83.5 Å². The van der Waals surface area contributed by atoms with Crippen LogP contribution in [0.4, 0.5) is 4.79 Å². The summed E-state index contributed by atoms with van der Waals surface area (Å²) in [5.41, 5.74) is 4.68. The Morgan fingerprint density at radius 2 is 1.86 bits per heavy atom. The zero-order valence-corrected chi connectivity index (χ0v) is 8.99. The van der Waals surface area contributed by atoms with Gasteiger partial charge in [-0.1, -0.05) is 0 Å². The topological polar surface area (TPSA) is 78.6 Å². The summed E-state index contributed by atoms with van der Waals surface area (Å²) in [7, 11) is 0. The van der Waals surface area contributed by atoms with E-state index in [-0.39, 0.29) is 12.5 Å². The van der Waals surface area contributed by atoms with Crippen LogP contribution in [0.25, 0.3) is 0 Å². The van der Waals surface area contributed by atoms with E-state index in [0.29, 0.717) is 0 Å². The van der Waals surface area contributed by atoms with Gasteiger partial charge in [-0.05, 0) is 27.7 Å². The number of carbonyl (C=O) groups is 2. The van der Waals surface area contributed by atoms with Crippen LogP contribution in [-0.2, 0) is 14.3 Å². The average Bonchev–Trinajstić information content (AvgIpc) is 1.77. The van der Waals surface area contributed by atoms with Crippen molar-refractivity contribution in [3.05, 3.63) is 0 Å². The molecule has 2 N–H and O–H groups in total. The Hall–Kier alpha value is -1.10. The molecule has 0 heterocycles. The lowest BCUT2D eigenvalue weighted by molar-refractivity contribution is -0.141. The Kier molecular flexibility index (Phi) is 4.56. The van der Waals surface area contributed by atoms with Crippen LogP contribution in [0.2, 0.25) is 0 Å². The highest BCUT2D eigenvalue weighted by molar-refractivity contribution is 5.82. The molecule has 0 fully saturated rings. The molecule has 0 aliphatic carbocycles. The number of nitrogens with two attached hydrogens (primary N) is 1. The van der Waals surface area contributed by atoms with Gasteiger partial charge >= 0.3 is 12.1 Å². The smallest absolute Gasteiger partial charge is 0.428 e. The third-order valence-corrected chi connectivity index (χ3v) is 1.08. The van der Waals surface area contributed by atoms with Crippen molar-refractivity contribution >= 4 is 12.1 Å². The normalized spacial score (nSPS) is 13.2. The quantitative estimate of drug-likeness (QED) is 0.539. The molecule has 0 aliphatic rings. The first kappa shape index (κ1) is 12.9. The molecule has 0 amide bonds. The second-order valence-corrected chi connectivity index (χ2v) is 4.12. The van der Waals surface area contributed by atoms with Crippen molar-refractivity contribution in [3.8, 4) is 0 Å². The Morgan fingerprint density at radius 3 is 2.21 bits per heavy atom. The summed E-state index contributed by atoms with van der Waals surface area (Å²) in [5, 5.41) is 0. The van der Waals surface area contributed by atoms with Crippen molar-refractivity contribution in [2.45, 2.75) is 45.8 Å². The van der Waals surface area contributed by atoms with Crippen LogP contribution in [-0.4, -0.2) is 23.8 Å². The molecule has 1 atom stereocenters. The Bertz CT molecular complexity index is 217. The summed E-state index contributed by atoms with van der Waals surface area (Å²) in [6.45, 7) is 6.70. The maximum Gasteiger partial charge on any atom is 0.516 e. The number of hydrogen-bond acceptors (Lipinski definition) is 5. The fourth-order valence-corrected chi connectivity index (χ4v) is 0.668. The van der Waals surface area contributed by atoms with Gasteiger partial charge in [-0.25, -0.2) is 4.79 Å². The highest BCUT2D eigenvalue weighted by Gasteiger charge is 2.20. The molecular formula is C9H17NO4. The molecule has 0 aliphatic heterocycles. The molecule has 0 saturated heterocycles. The number of esters is 1. The molecule has 14 heavy (non-hydrogen) atoms. The third-order valence-electron chi connectivity index (χ3n) is 1.08. The molecular weight excluding hydrogens is 186 g/mol. The molecule has 0 aromatic carbocycles. The fraction of sp³-hybridized carbons (Fsp3) is 0.778. The molecule has 0 rings (SSSR count). The van der Waals surface area contributed by atoms with Crippen LogP contribution in [0.1, 0.15) is 34.1 Å². The average molecular weight is 203 g/mol. The van der Waals surface area contributed by atoms with Crippen molar-refractivity contribution < 1.29 is 19.1 Å². The highest BCUT2D eigenvalue weighted by atomic mass is 16.7. The largest absolute Gasteiger partial charge is 0.516 e. The van der Waals surface area contributed by atoms with Crippen molar-refractivity contribution in [2.24, 2.45) is 5.73 Å². The molecule has 0 aromatic rings. The maximum atomic E-state index is 10.9. The zero-order chi connectivity index (χ0) is 11.4. The molecule has 0 aromatic heterocycles. The molecule has 0 radical (unpaired) electrons. The minimum Gasteiger partial charge on any atom is -0.428 e. The standard InChI is InChI=1S/C9H17NO4/c1-6(10)5-7(11)13-8(12)14-9(2,3)4/h6H,5,10H2,1-4H3. The van der Waals surface area contributed by atoms with Crippen molar-refractivity contribution in [2.75, 3.05) is 0 Å². The van der Waals surface area contributed by atoms with Gasteiger partial charge < -0.3 is 15.2 Å². The van der Waals surface area contributed by atoms with Crippen LogP contribution < -0.4 is 5.73 Å². The Morgan fingerprint density at radius 1 is 1.36 bits per heavy atom. The van der Waals surface area contributed by atoms with Crippen molar-refractivity contribution in [1.29, 1.82) is 0 Å². The second-order valence-electron chi connectivity index (χ2n) is 4.12. The predicted octanol–water partition coefficient (Wildman–Crippen LogP) is 1.20. The molecule has 5 nitrogen and oxygen atoms in total. The summed E-state index contributed by atoms with van der Waals surface area (Å²) in [6, 6.07) is -0.329. The first-order chi connectivity index (χ1) is 6.20. The van der Waals surface area contributed by atoms with Gasteiger partial charge in [0.1, 0.15) is 5.60 Å². The summed E-state index contributed by atoms with van der Waals surface area (Å²) in [4.78, 5) is 21.9. The number of ether oxygens (including phenoxy) is 2. The lowest BCUT2D eigenvalue weighted by atomic mass is 10.2. The van der Waals surface area contributed by atoms with E-state index in [0.717, 1.165) is 0 Å². The van der Waals surface area contributed by atoms with Crippen LogP contribution in [0.3, 0.4) is 0 Å². The van der Waals surface area contributed by atoms with Crippen LogP contribution in [0.15, 0.2) is 0 Å². The lowest BCUT2D eigenvalue weighted by Crippen LogP contribution is -2.28. The predicted molar refractivity (Wildman–Crippen MR) is 50.6 cm³/mol. The highest BCUT2D eigenvalue weighted by Crippen LogP contribution is 2.08. The SMILES string of the molecule is CC(N)CC(=O)OC(=O)OC(C)(C)C. The molecule has 0 bridgehead atoms. The number of rotatable bonds is 2. The van der Waals surface area contributed by atoms with E-state index in [1.54, 1.807) is 27.7 Å². The van der Waals surface area contributed by atoms with Crippen LogP contribution in [0, 0.1) is 0 Å². The first-order valence-electron chi connectivity index (χ1n) is 4.40. The second kappa shape index (κ2) is 4.95. The Balaban J connectivity index is 3.90. The van der Waals surface area contributed by atoms with Crippen molar-refractivity contribution in [3.63, 3.8) is 0 Å². The number of hydrogen-bond donors (Lipinski definition) is 1. The van der Waals surface area contributed by atoms with E-state index in [4.69, 9.17) is 10.5 Å². The van der Waals surface area contributed by atoms with E-state index >= 15 is 0 Å². The molecule has 0 spiro atoms. The van der Waals surface area contributed by atoms with E-state index < -0.39 is 17.7 Å². The van der Waals surface area contributed by atoms with E-state index in [1.807, 2.05) is 0 Å². The molecule has 1 unspecified atom stereocenters. The van der Waals surface area contributed by atoms with Gasteiger partial charge in [-0.15, -0.1) is 0 Å². The fourth-order valence-electron chi connectivity index (χ4n) is 0.668. The third kappa shape index (κ3) is 7.54. The van der Waals surface area contributed by atoms with Gasteiger partial charge in [-0.2, -0.15) is 0 Å². The van der Waals surface area contributed by atoms with Gasteiger partial charge in [0, 0.05) is 6.04 Å². The van der Waals surface area contributed by atoms with Crippen LogP contribution in [0.5, 0.6) is 0 Å². The molecule has 0 saturated carbocycles. The lowest BCUT2D eigenvalue weighted by Gasteiger charge is -2.18. The van der Waals surface area contributed by atoms with Crippen molar-refractivity contribution in [1.82, 2.24) is 0 Å². The van der Waals surface area contributed by atoms with Gasteiger partial charge in [0.2, 0.25) is 0 Å². The first-order valence-corrected chi connectivity index (χ1v) is 4.40. The minimum absolute atomic E-state index is 0.000751. The van der Waals surface area contributed by atoms with E-state index in [2.05, 4.69) is 4.74 Å². The summed E-state index contributed by atoms with van der Waals surface area (Å²) < 4.78 is 9.12. The molecule has 5 heteroatoms. The molecule has 82 valence electrons. The minimum atomic E-state index is -0.983. The summed E-state index contributed by atoms with van der Waals surface area (Å²) >= 11 is 0. The van der Waals surface area contributed by atoms with Gasteiger partial charge in [0.15, 0.2) is 0 Å². The maximum absolute atomic E-state index is 10.9. The van der Waals surface area contributed by atoms with Crippen LogP contribution >= 0.6 is 0 Å². The van der Waals surface area contributed by atoms with E-state index in [1.165, 1.54) is 0 Å². The summed E-state index contributed by atoms with van der Waals surface area (Å²) in [5.74, 6) is -0.672. The van der Waals surface area contributed by atoms with Gasteiger partial charge in [0.05, 0.1) is 6.42 Å². The van der Waals surface area contributed by atoms with Gasteiger partial charge in [0.25, 0.3) is 0 Å². The number of carbonyl (C=O) groups excluding carboxylic acids is 2. The van der Waals surface area contributed by atoms with E-state index in [9.17, 15) is 9.59 Å². The zero-order valence-electron chi connectivity index (χ0n) is 8.99. The van der Waals surface area contributed by atoms with Gasteiger partial charge in [-0.3, -0.25) is 4.79 Å². The summed E-state index contributed by atoms with van der Waals surface area (Å²) in [6.07, 6.45) is -0.984.